The Labute approximate surface area is 355 Å². The van der Waals surface area contributed by atoms with Crippen LogP contribution in [0.3, 0.4) is 0 Å². The fourth-order valence-electron chi connectivity index (χ4n) is 10.0. The zero-order chi connectivity index (χ0) is 40.3. The second-order valence-electron chi connectivity index (χ2n) is 16.0. The van der Waals surface area contributed by atoms with Crippen LogP contribution in [0.2, 0.25) is 0 Å². The number of hydrogen-bond acceptors (Lipinski definition) is 2. The Bertz CT molecular complexity index is 3420. The second kappa shape index (κ2) is 14.1. The van der Waals surface area contributed by atoms with Gasteiger partial charge in [-0.3, -0.25) is 0 Å². The minimum atomic E-state index is -0.498. The van der Waals surface area contributed by atoms with Gasteiger partial charge in [-0.05, 0) is 101 Å². The van der Waals surface area contributed by atoms with Crippen LogP contribution in [0.4, 0.5) is 0 Å². The molecule has 11 aromatic rings. The summed E-state index contributed by atoms with van der Waals surface area (Å²) in [7, 11) is 0. The predicted octanol–water partition coefficient (Wildman–Crippen LogP) is 15.0. The van der Waals surface area contributed by atoms with E-state index in [1.165, 1.54) is 66.1 Å². The Kier molecular flexibility index (Phi) is 8.11. The quantitative estimate of drug-likeness (QED) is 0.168. The van der Waals surface area contributed by atoms with E-state index in [0.29, 0.717) is 5.82 Å². The van der Waals surface area contributed by atoms with E-state index in [0.717, 1.165) is 38.9 Å². The minimum absolute atomic E-state index is 0.498. The summed E-state index contributed by atoms with van der Waals surface area (Å²) >= 11 is 0. The summed E-state index contributed by atoms with van der Waals surface area (Å²) < 4.78 is 0. The second-order valence-corrected chi connectivity index (χ2v) is 16.0. The molecule has 2 nitrogen and oxygen atoms in total. The highest BCUT2D eigenvalue weighted by atomic mass is 14.9. The van der Waals surface area contributed by atoms with Gasteiger partial charge in [0.25, 0.3) is 0 Å². The van der Waals surface area contributed by atoms with Crippen LogP contribution >= 0.6 is 0 Å². The summed E-state index contributed by atoms with van der Waals surface area (Å²) in [5.41, 5.74) is 14.5. The number of benzene rings is 10. The standard InChI is InChI=1S/C59H38N2/c1-4-18-41(19-5-1)55-38-56(44-29-28-39-16-10-11-20-42(39)36-44)61-58(60-55)52-34-33-47(49-26-14-15-27-50(49)52)43-31-35-54-53(37-43)51-32-30-40-17-12-13-25-48(40)57(51)59(54,45-21-6-2-7-22-45)46-23-8-3-9-24-46/h1-38H. The van der Waals surface area contributed by atoms with Gasteiger partial charge in [0.15, 0.2) is 5.82 Å². The van der Waals surface area contributed by atoms with Crippen molar-refractivity contribution < 1.29 is 0 Å². The van der Waals surface area contributed by atoms with Crippen molar-refractivity contribution in [2.45, 2.75) is 5.41 Å². The van der Waals surface area contributed by atoms with Gasteiger partial charge in [0.05, 0.1) is 16.8 Å². The molecule has 10 aromatic carbocycles. The molecular formula is C59H38N2. The van der Waals surface area contributed by atoms with E-state index in [1.807, 2.05) is 6.07 Å². The smallest absolute Gasteiger partial charge is 0.161 e. The lowest BCUT2D eigenvalue weighted by atomic mass is 9.66. The van der Waals surface area contributed by atoms with E-state index in [-0.39, 0.29) is 0 Å². The Morgan fingerprint density at radius 1 is 0.295 bits per heavy atom. The number of rotatable bonds is 6. The van der Waals surface area contributed by atoms with Crippen molar-refractivity contribution in [2.75, 3.05) is 0 Å². The molecule has 1 heterocycles. The molecule has 1 aliphatic carbocycles. The highest BCUT2D eigenvalue weighted by Gasteiger charge is 2.47. The molecule has 284 valence electrons. The molecule has 1 aliphatic rings. The maximum absolute atomic E-state index is 5.32. The summed E-state index contributed by atoms with van der Waals surface area (Å²) in [6.45, 7) is 0. The molecule has 0 N–H and O–H groups in total. The average molecular weight is 775 g/mol. The van der Waals surface area contributed by atoms with Gasteiger partial charge >= 0.3 is 0 Å². The van der Waals surface area contributed by atoms with Crippen LogP contribution in [0, 0.1) is 0 Å². The third-order valence-electron chi connectivity index (χ3n) is 12.7. The van der Waals surface area contributed by atoms with Crippen LogP contribution in [-0.4, -0.2) is 9.97 Å². The van der Waals surface area contributed by atoms with E-state index in [4.69, 9.17) is 9.97 Å². The van der Waals surface area contributed by atoms with Crippen molar-refractivity contribution in [2.24, 2.45) is 0 Å². The molecule has 0 unspecified atom stereocenters. The first kappa shape index (κ1) is 35.0. The monoisotopic (exact) mass is 774 g/mol. The number of nitrogens with zero attached hydrogens (tertiary/aromatic N) is 2. The molecule has 0 aliphatic heterocycles. The third kappa shape index (κ3) is 5.57. The van der Waals surface area contributed by atoms with Gasteiger partial charge in [-0.1, -0.05) is 206 Å². The molecule has 1 aromatic heterocycles. The van der Waals surface area contributed by atoms with Crippen LogP contribution in [-0.2, 0) is 5.41 Å². The minimum Gasteiger partial charge on any atom is -0.228 e. The van der Waals surface area contributed by atoms with Crippen molar-refractivity contribution in [3.8, 4) is 56.2 Å². The van der Waals surface area contributed by atoms with Crippen LogP contribution in [0.5, 0.6) is 0 Å². The van der Waals surface area contributed by atoms with Gasteiger partial charge in [0, 0.05) is 16.7 Å². The first-order valence-electron chi connectivity index (χ1n) is 21.0. The van der Waals surface area contributed by atoms with Crippen molar-refractivity contribution in [1.29, 1.82) is 0 Å². The average Bonchev–Trinajstić information content (AvgIpc) is 3.65. The highest BCUT2D eigenvalue weighted by Crippen LogP contribution is 2.58. The molecule has 0 saturated carbocycles. The van der Waals surface area contributed by atoms with Crippen molar-refractivity contribution in [3.05, 3.63) is 253 Å². The SMILES string of the molecule is c1ccc(-c2cc(-c3ccc4ccccc4c3)nc(-c3ccc(-c4ccc5c(c4)-c4ccc6ccccc6c4C5(c4ccccc4)c4ccccc4)c4ccccc34)n2)cc1. The van der Waals surface area contributed by atoms with Crippen LogP contribution in [0.15, 0.2) is 231 Å². The largest absolute Gasteiger partial charge is 0.228 e. The van der Waals surface area contributed by atoms with E-state index in [2.05, 4.69) is 224 Å². The fourth-order valence-corrected chi connectivity index (χ4v) is 10.0. The lowest BCUT2D eigenvalue weighted by Crippen LogP contribution is -2.28. The third-order valence-corrected chi connectivity index (χ3v) is 12.7. The van der Waals surface area contributed by atoms with Crippen LogP contribution in [0.25, 0.3) is 88.5 Å². The molecule has 0 bridgehead atoms. The molecule has 61 heavy (non-hydrogen) atoms. The first-order chi connectivity index (χ1) is 30.2. The molecule has 0 radical (unpaired) electrons. The Morgan fingerprint density at radius 2 is 0.820 bits per heavy atom. The molecule has 0 amide bonds. The normalized spacial score (nSPS) is 12.7. The van der Waals surface area contributed by atoms with Crippen LogP contribution < -0.4 is 0 Å². The molecule has 0 spiro atoms. The summed E-state index contributed by atoms with van der Waals surface area (Å²) in [5, 5.41) is 7.20. The van der Waals surface area contributed by atoms with E-state index < -0.39 is 5.41 Å². The van der Waals surface area contributed by atoms with Crippen molar-refractivity contribution in [3.63, 3.8) is 0 Å². The van der Waals surface area contributed by atoms with Gasteiger partial charge < -0.3 is 0 Å². The maximum atomic E-state index is 5.32. The Morgan fingerprint density at radius 3 is 1.54 bits per heavy atom. The van der Waals surface area contributed by atoms with Gasteiger partial charge in [0.1, 0.15) is 0 Å². The lowest BCUT2D eigenvalue weighted by molar-refractivity contribution is 0.775. The topological polar surface area (TPSA) is 25.8 Å². The number of fused-ring (bicyclic) bond motifs is 7. The molecule has 0 fully saturated rings. The lowest BCUT2D eigenvalue weighted by Gasteiger charge is -2.34. The van der Waals surface area contributed by atoms with Gasteiger partial charge in [-0.2, -0.15) is 0 Å². The zero-order valence-corrected chi connectivity index (χ0v) is 33.3. The summed E-state index contributed by atoms with van der Waals surface area (Å²) in [5.74, 6) is 0.706. The molecule has 12 rings (SSSR count). The van der Waals surface area contributed by atoms with Gasteiger partial charge in [-0.25, -0.2) is 9.97 Å². The van der Waals surface area contributed by atoms with E-state index in [1.54, 1.807) is 0 Å². The molecule has 0 saturated heterocycles. The first-order valence-corrected chi connectivity index (χ1v) is 21.0. The van der Waals surface area contributed by atoms with Crippen LogP contribution in [0.1, 0.15) is 22.3 Å². The van der Waals surface area contributed by atoms with Gasteiger partial charge in [-0.15, -0.1) is 0 Å². The number of hydrogen-bond donors (Lipinski definition) is 0. The summed E-state index contributed by atoms with van der Waals surface area (Å²) in [6, 6.07) is 83.6. The Balaban J connectivity index is 1.06. The zero-order valence-electron chi connectivity index (χ0n) is 33.3. The Hall–Kier alpha value is -7.94. The summed E-state index contributed by atoms with van der Waals surface area (Å²) in [6.07, 6.45) is 0. The van der Waals surface area contributed by atoms with Crippen molar-refractivity contribution >= 4 is 32.3 Å². The highest BCUT2D eigenvalue weighted by molar-refractivity contribution is 6.06. The fraction of sp³-hybridized carbons (Fsp3) is 0.0169. The van der Waals surface area contributed by atoms with Crippen molar-refractivity contribution in [1.82, 2.24) is 9.97 Å². The molecule has 2 heteroatoms. The van der Waals surface area contributed by atoms with E-state index in [9.17, 15) is 0 Å². The maximum Gasteiger partial charge on any atom is 0.161 e. The molecule has 0 atom stereocenters. The van der Waals surface area contributed by atoms with Gasteiger partial charge in [0.2, 0.25) is 0 Å². The molecular weight excluding hydrogens is 737 g/mol. The summed E-state index contributed by atoms with van der Waals surface area (Å²) in [4.78, 5) is 10.6. The van der Waals surface area contributed by atoms with E-state index >= 15 is 0 Å². The number of aromatic nitrogens is 2. The predicted molar refractivity (Wildman–Crippen MR) is 254 cm³/mol.